The van der Waals surface area contributed by atoms with Crippen LogP contribution in [0.2, 0.25) is 0 Å². The highest BCUT2D eigenvalue weighted by molar-refractivity contribution is 5.93. The fourth-order valence-electron chi connectivity index (χ4n) is 1.29. The summed E-state index contributed by atoms with van der Waals surface area (Å²) in [6.07, 6.45) is 2.53. The second-order valence-electron chi connectivity index (χ2n) is 3.25. The highest BCUT2D eigenvalue weighted by atomic mass is 16.3. The number of carbonyl (C=O) groups excluding carboxylic acids is 1. The van der Waals surface area contributed by atoms with Crippen molar-refractivity contribution < 1.29 is 9.90 Å². The Kier molecular flexibility index (Phi) is 4.41. The number of amides is 1. The molecule has 92 valence electrons. The monoisotopic (exact) mass is 239 g/mol. The standard InChI is InChI=1S/C10H13N3O4/c1-2-3-13(4-5-14)9(16)7-6-11-10(17)12-8(7)15/h2,6,14H,1,3-5H2,(H2,11,12,15,17). The van der Waals surface area contributed by atoms with E-state index in [9.17, 15) is 14.4 Å². The van der Waals surface area contributed by atoms with Crippen molar-refractivity contribution in [2.24, 2.45) is 0 Å². The number of aromatic amines is 2. The molecule has 0 bridgehead atoms. The molecule has 0 saturated carbocycles. The van der Waals surface area contributed by atoms with Crippen LogP contribution in [-0.2, 0) is 0 Å². The highest BCUT2D eigenvalue weighted by Gasteiger charge is 2.17. The van der Waals surface area contributed by atoms with Gasteiger partial charge in [-0.2, -0.15) is 0 Å². The number of hydrogen-bond donors (Lipinski definition) is 3. The molecule has 0 aliphatic heterocycles. The summed E-state index contributed by atoms with van der Waals surface area (Å²) in [4.78, 5) is 39.5. The Morgan fingerprint density at radius 3 is 2.76 bits per heavy atom. The second kappa shape index (κ2) is 5.80. The summed E-state index contributed by atoms with van der Waals surface area (Å²) < 4.78 is 0. The average molecular weight is 239 g/mol. The molecule has 1 amide bonds. The molecule has 0 fully saturated rings. The third-order valence-electron chi connectivity index (χ3n) is 2.06. The first-order valence-corrected chi connectivity index (χ1v) is 4.93. The molecule has 17 heavy (non-hydrogen) atoms. The van der Waals surface area contributed by atoms with Gasteiger partial charge in [0.25, 0.3) is 11.5 Å². The molecular weight excluding hydrogens is 226 g/mol. The van der Waals surface area contributed by atoms with Crippen molar-refractivity contribution in [2.45, 2.75) is 0 Å². The number of hydrogen-bond acceptors (Lipinski definition) is 4. The van der Waals surface area contributed by atoms with E-state index in [4.69, 9.17) is 5.11 Å². The summed E-state index contributed by atoms with van der Waals surface area (Å²) in [6.45, 7) is 3.55. The van der Waals surface area contributed by atoms with Crippen LogP contribution in [0.1, 0.15) is 10.4 Å². The van der Waals surface area contributed by atoms with E-state index >= 15 is 0 Å². The van der Waals surface area contributed by atoms with Gasteiger partial charge >= 0.3 is 5.69 Å². The molecule has 1 aromatic heterocycles. The van der Waals surface area contributed by atoms with Gasteiger partial charge in [-0.15, -0.1) is 6.58 Å². The smallest absolute Gasteiger partial charge is 0.325 e. The van der Waals surface area contributed by atoms with E-state index in [1.807, 2.05) is 4.98 Å². The molecule has 0 unspecified atom stereocenters. The van der Waals surface area contributed by atoms with Gasteiger partial charge in [0, 0.05) is 19.3 Å². The Morgan fingerprint density at radius 1 is 1.53 bits per heavy atom. The Morgan fingerprint density at radius 2 is 2.24 bits per heavy atom. The first-order valence-electron chi connectivity index (χ1n) is 4.93. The molecule has 0 spiro atoms. The van der Waals surface area contributed by atoms with E-state index in [2.05, 4.69) is 11.6 Å². The molecule has 0 saturated heterocycles. The van der Waals surface area contributed by atoms with Crippen LogP contribution in [0.25, 0.3) is 0 Å². The minimum absolute atomic E-state index is 0.0867. The molecule has 1 heterocycles. The van der Waals surface area contributed by atoms with Gasteiger partial charge in [0.1, 0.15) is 5.56 Å². The van der Waals surface area contributed by atoms with E-state index < -0.39 is 17.2 Å². The van der Waals surface area contributed by atoms with Crippen LogP contribution < -0.4 is 11.2 Å². The van der Waals surface area contributed by atoms with Crippen LogP contribution in [0.4, 0.5) is 0 Å². The summed E-state index contributed by atoms with van der Waals surface area (Å²) in [7, 11) is 0. The van der Waals surface area contributed by atoms with Gasteiger partial charge < -0.3 is 15.0 Å². The average Bonchev–Trinajstić information content (AvgIpc) is 2.28. The lowest BCUT2D eigenvalue weighted by molar-refractivity contribution is 0.0740. The van der Waals surface area contributed by atoms with E-state index in [1.54, 1.807) is 0 Å². The Bertz CT molecular complexity index is 517. The SMILES string of the molecule is C=CCN(CCO)C(=O)c1c[nH]c(=O)[nH]c1=O. The maximum Gasteiger partial charge on any atom is 0.325 e. The summed E-state index contributed by atoms with van der Waals surface area (Å²) in [5, 5.41) is 8.80. The number of aliphatic hydroxyl groups is 1. The fraction of sp³-hybridized carbons (Fsp3) is 0.300. The zero-order chi connectivity index (χ0) is 12.8. The lowest BCUT2D eigenvalue weighted by Crippen LogP contribution is -2.38. The van der Waals surface area contributed by atoms with Gasteiger partial charge in [-0.1, -0.05) is 6.08 Å². The number of carbonyl (C=O) groups is 1. The number of nitrogens with zero attached hydrogens (tertiary/aromatic N) is 1. The molecule has 0 aliphatic carbocycles. The first kappa shape index (κ1) is 12.9. The van der Waals surface area contributed by atoms with Crippen LogP contribution in [0.3, 0.4) is 0 Å². The number of nitrogens with one attached hydrogen (secondary N) is 2. The van der Waals surface area contributed by atoms with Crippen molar-refractivity contribution in [2.75, 3.05) is 19.7 Å². The molecule has 0 radical (unpaired) electrons. The van der Waals surface area contributed by atoms with Crippen molar-refractivity contribution in [1.82, 2.24) is 14.9 Å². The Balaban J connectivity index is 3.04. The highest BCUT2D eigenvalue weighted by Crippen LogP contribution is 1.97. The predicted octanol–water partition coefficient (Wildman–Crippen LogP) is -1.32. The summed E-state index contributed by atoms with van der Waals surface area (Å²) in [5.41, 5.74) is -1.62. The fourth-order valence-corrected chi connectivity index (χ4v) is 1.29. The lowest BCUT2D eigenvalue weighted by atomic mass is 10.3. The first-order chi connectivity index (χ1) is 8.10. The summed E-state index contributed by atoms with van der Waals surface area (Å²) >= 11 is 0. The molecule has 7 heteroatoms. The third-order valence-corrected chi connectivity index (χ3v) is 2.06. The Hall–Kier alpha value is -2.15. The van der Waals surface area contributed by atoms with E-state index in [-0.39, 0.29) is 25.3 Å². The molecule has 1 rings (SSSR count). The van der Waals surface area contributed by atoms with Gasteiger partial charge in [0.2, 0.25) is 0 Å². The van der Waals surface area contributed by atoms with Crippen LogP contribution >= 0.6 is 0 Å². The van der Waals surface area contributed by atoms with Crippen molar-refractivity contribution in [3.8, 4) is 0 Å². The van der Waals surface area contributed by atoms with E-state index in [0.29, 0.717) is 0 Å². The number of aliphatic hydroxyl groups excluding tert-OH is 1. The minimum atomic E-state index is -0.759. The summed E-state index contributed by atoms with van der Waals surface area (Å²) in [5.74, 6) is -0.573. The van der Waals surface area contributed by atoms with E-state index in [0.717, 1.165) is 6.20 Å². The normalized spacial score (nSPS) is 9.94. The molecule has 0 aliphatic rings. The zero-order valence-electron chi connectivity index (χ0n) is 9.10. The van der Waals surface area contributed by atoms with Crippen LogP contribution in [0.5, 0.6) is 0 Å². The van der Waals surface area contributed by atoms with Crippen molar-refractivity contribution in [3.63, 3.8) is 0 Å². The molecule has 0 aromatic carbocycles. The van der Waals surface area contributed by atoms with Crippen LogP contribution in [0, 0.1) is 0 Å². The van der Waals surface area contributed by atoms with E-state index in [1.165, 1.54) is 11.0 Å². The number of rotatable bonds is 5. The second-order valence-corrected chi connectivity index (χ2v) is 3.25. The zero-order valence-corrected chi connectivity index (χ0v) is 9.10. The van der Waals surface area contributed by atoms with Crippen LogP contribution in [0.15, 0.2) is 28.4 Å². The molecule has 3 N–H and O–H groups in total. The van der Waals surface area contributed by atoms with Crippen LogP contribution in [-0.4, -0.2) is 45.6 Å². The van der Waals surface area contributed by atoms with Gasteiger partial charge in [0.05, 0.1) is 6.61 Å². The van der Waals surface area contributed by atoms with Crippen molar-refractivity contribution in [1.29, 1.82) is 0 Å². The lowest BCUT2D eigenvalue weighted by Gasteiger charge is -2.19. The maximum atomic E-state index is 11.9. The molecule has 7 nitrogen and oxygen atoms in total. The molecule has 0 atom stereocenters. The maximum absolute atomic E-state index is 11.9. The van der Waals surface area contributed by atoms with Gasteiger partial charge in [0.15, 0.2) is 0 Å². The quantitative estimate of drug-likeness (QED) is 0.554. The van der Waals surface area contributed by atoms with Crippen molar-refractivity contribution in [3.05, 3.63) is 45.3 Å². The minimum Gasteiger partial charge on any atom is -0.395 e. The molecule has 1 aromatic rings. The largest absolute Gasteiger partial charge is 0.395 e. The summed E-state index contributed by atoms with van der Waals surface area (Å²) in [6, 6.07) is 0. The van der Waals surface area contributed by atoms with Gasteiger partial charge in [-0.05, 0) is 0 Å². The van der Waals surface area contributed by atoms with Gasteiger partial charge in [-0.3, -0.25) is 14.6 Å². The van der Waals surface area contributed by atoms with Gasteiger partial charge in [-0.25, -0.2) is 4.79 Å². The predicted molar refractivity (Wildman–Crippen MR) is 60.9 cm³/mol. The Labute approximate surface area is 96.4 Å². The number of aromatic nitrogens is 2. The van der Waals surface area contributed by atoms with Crippen molar-refractivity contribution >= 4 is 5.91 Å². The third kappa shape index (κ3) is 3.15. The molecular formula is C10H13N3O4. The topological polar surface area (TPSA) is 106 Å². The number of H-pyrrole nitrogens is 2.